The first-order chi connectivity index (χ1) is 18.9. The Morgan fingerprint density at radius 3 is 1.29 bits per heavy atom. The first-order valence-corrected chi connectivity index (χ1v) is 12.7. The largest absolute Gasteiger partial charge is 0.308 e. The molecule has 4 heterocycles. The maximum Gasteiger partial charge on any atom is 0.0724 e. The second kappa shape index (κ2) is 8.15. The fraction of sp³-hybridized carbons (Fsp3) is 0. The topological polar surface area (TPSA) is 35.6 Å². The van der Waals surface area contributed by atoms with E-state index in [9.17, 15) is 0 Å². The zero-order valence-electron chi connectivity index (χ0n) is 20.5. The maximum absolute atomic E-state index is 4.44. The van der Waals surface area contributed by atoms with Crippen LogP contribution in [-0.4, -0.2) is 19.1 Å². The van der Waals surface area contributed by atoms with Crippen LogP contribution < -0.4 is 0 Å². The van der Waals surface area contributed by atoms with E-state index in [4.69, 9.17) is 0 Å². The van der Waals surface area contributed by atoms with Crippen molar-refractivity contribution in [1.82, 2.24) is 19.1 Å². The summed E-state index contributed by atoms with van der Waals surface area (Å²) >= 11 is 0. The molecular weight excluding hydrogens is 464 g/mol. The molecule has 8 rings (SSSR count). The van der Waals surface area contributed by atoms with E-state index in [-0.39, 0.29) is 0 Å². The van der Waals surface area contributed by atoms with Crippen LogP contribution in [-0.2, 0) is 0 Å². The highest BCUT2D eigenvalue weighted by molar-refractivity contribution is 6.12. The Kier molecular flexibility index (Phi) is 4.49. The third-order valence-electron chi connectivity index (χ3n) is 7.50. The number of hydrogen-bond acceptors (Lipinski definition) is 2. The van der Waals surface area contributed by atoms with Crippen molar-refractivity contribution in [2.75, 3.05) is 0 Å². The maximum atomic E-state index is 4.44. The van der Waals surface area contributed by atoms with Gasteiger partial charge in [-0.3, -0.25) is 9.97 Å². The third kappa shape index (κ3) is 3.04. The Hall–Kier alpha value is -5.22. The molecule has 0 aliphatic carbocycles. The summed E-state index contributed by atoms with van der Waals surface area (Å²) in [5.74, 6) is 0. The lowest BCUT2D eigenvalue weighted by molar-refractivity contribution is 1.16. The van der Waals surface area contributed by atoms with Crippen molar-refractivity contribution in [1.29, 1.82) is 0 Å². The number of para-hydroxylation sites is 2. The van der Waals surface area contributed by atoms with E-state index in [1.165, 1.54) is 43.7 Å². The summed E-state index contributed by atoms with van der Waals surface area (Å²) in [6.07, 6.45) is 7.67. The molecule has 0 saturated heterocycles. The van der Waals surface area contributed by atoms with E-state index in [0.29, 0.717) is 0 Å². The number of fused-ring (bicyclic) bond motifs is 6. The fourth-order valence-electron chi connectivity index (χ4n) is 5.81. The Morgan fingerprint density at radius 2 is 0.842 bits per heavy atom. The molecule has 4 nitrogen and oxygen atoms in total. The van der Waals surface area contributed by atoms with Gasteiger partial charge in [0.25, 0.3) is 0 Å². The molecule has 8 aromatic rings. The fourth-order valence-corrected chi connectivity index (χ4v) is 5.81. The van der Waals surface area contributed by atoms with Gasteiger partial charge in [0.1, 0.15) is 0 Å². The second-order valence-corrected chi connectivity index (χ2v) is 9.59. The normalized spacial score (nSPS) is 11.7. The van der Waals surface area contributed by atoms with Crippen LogP contribution >= 0.6 is 0 Å². The van der Waals surface area contributed by atoms with Crippen molar-refractivity contribution in [3.8, 4) is 22.5 Å². The lowest BCUT2D eigenvalue weighted by Gasteiger charge is -2.09. The second-order valence-electron chi connectivity index (χ2n) is 9.59. The highest BCUT2D eigenvalue weighted by Crippen LogP contribution is 2.37. The SMILES string of the molecule is c1ccc(-n2c3ccc(-c4ccc5c(c4)c4ccncc4n5-c4ccccc4)cc3c3ccncc32)cc1. The van der Waals surface area contributed by atoms with Gasteiger partial charge in [0.05, 0.1) is 34.5 Å². The van der Waals surface area contributed by atoms with Gasteiger partial charge in [-0.1, -0.05) is 48.5 Å². The average Bonchev–Trinajstić information content (AvgIpc) is 3.50. The molecule has 0 spiro atoms. The van der Waals surface area contributed by atoms with Crippen LogP contribution in [0.5, 0.6) is 0 Å². The van der Waals surface area contributed by atoms with Gasteiger partial charge >= 0.3 is 0 Å². The van der Waals surface area contributed by atoms with Crippen LogP contribution in [0.15, 0.2) is 134 Å². The van der Waals surface area contributed by atoms with Gasteiger partial charge in [-0.25, -0.2) is 0 Å². The predicted molar refractivity (Wildman–Crippen MR) is 156 cm³/mol. The third-order valence-corrected chi connectivity index (χ3v) is 7.50. The molecule has 0 aliphatic heterocycles. The van der Waals surface area contributed by atoms with E-state index in [0.717, 1.165) is 22.4 Å². The first kappa shape index (κ1) is 20.9. The highest BCUT2D eigenvalue weighted by atomic mass is 15.0. The van der Waals surface area contributed by atoms with Crippen LogP contribution in [0.2, 0.25) is 0 Å². The van der Waals surface area contributed by atoms with Crippen molar-refractivity contribution in [2.45, 2.75) is 0 Å². The molecule has 4 heteroatoms. The molecule has 0 saturated carbocycles. The van der Waals surface area contributed by atoms with Crippen LogP contribution in [0.1, 0.15) is 0 Å². The molecule has 0 unspecified atom stereocenters. The molecule has 0 N–H and O–H groups in total. The van der Waals surface area contributed by atoms with Gasteiger partial charge in [-0.15, -0.1) is 0 Å². The first-order valence-electron chi connectivity index (χ1n) is 12.7. The van der Waals surface area contributed by atoms with E-state index in [1.807, 2.05) is 24.8 Å². The Balaban J connectivity index is 1.36. The summed E-state index contributed by atoms with van der Waals surface area (Å²) in [6.45, 7) is 0. The zero-order valence-corrected chi connectivity index (χ0v) is 20.5. The van der Waals surface area contributed by atoms with Gasteiger partial charge in [0.15, 0.2) is 0 Å². The zero-order chi connectivity index (χ0) is 25.1. The van der Waals surface area contributed by atoms with E-state index in [2.05, 4.69) is 128 Å². The molecule has 0 bridgehead atoms. The van der Waals surface area contributed by atoms with Crippen LogP contribution in [0.25, 0.3) is 66.1 Å². The number of aromatic nitrogens is 4. The number of benzene rings is 4. The monoisotopic (exact) mass is 486 g/mol. The molecule has 0 radical (unpaired) electrons. The molecule has 4 aromatic heterocycles. The van der Waals surface area contributed by atoms with E-state index >= 15 is 0 Å². The summed E-state index contributed by atoms with van der Waals surface area (Å²) in [6, 6.07) is 38.8. The van der Waals surface area contributed by atoms with Gasteiger partial charge in [-0.05, 0) is 71.8 Å². The minimum absolute atomic E-state index is 1.11. The predicted octanol–water partition coefficient (Wildman–Crippen LogP) is 8.34. The highest BCUT2D eigenvalue weighted by Gasteiger charge is 2.16. The number of pyridine rings is 2. The van der Waals surface area contributed by atoms with Gasteiger partial charge in [0.2, 0.25) is 0 Å². The van der Waals surface area contributed by atoms with Crippen LogP contribution in [0.4, 0.5) is 0 Å². The van der Waals surface area contributed by atoms with Gasteiger partial charge < -0.3 is 9.13 Å². The summed E-state index contributed by atoms with van der Waals surface area (Å²) in [5.41, 5.74) is 9.23. The average molecular weight is 487 g/mol. The van der Waals surface area contributed by atoms with Crippen molar-refractivity contribution < 1.29 is 0 Å². The van der Waals surface area contributed by atoms with Crippen LogP contribution in [0, 0.1) is 0 Å². The van der Waals surface area contributed by atoms with Crippen LogP contribution in [0.3, 0.4) is 0 Å². The minimum Gasteiger partial charge on any atom is -0.308 e. The number of hydrogen-bond donors (Lipinski definition) is 0. The minimum atomic E-state index is 1.11. The summed E-state index contributed by atoms with van der Waals surface area (Å²) < 4.78 is 4.59. The molecule has 0 atom stereocenters. The Bertz CT molecular complexity index is 1960. The number of rotatable bonds is 3. The summed E-state index contributed by atoms with van der Waals surface area (Å²) in [5, 5.41) is 4.85. The van der Waals surface area contributed by atoms with Crippen molar-refractivity contribution in [3.05, 3.63) is 134 Å². The van der Waals surface area contributed by atoms with E-state index in [1.54, 1.807) is 0 Å². The molecule has 4 aromatic carbocycles. The summed E-state index contributed by atoms with van der Waals surface area (Å²) in [7, 11) is 0. The Morgan fingerprint density at radius 1 is 0.395 bits per heavy atom. The lowest BCUT2D eigenvalue weighted by Crippen LogP contribution is -1.93. The number of nitrogens with zero attached hydrogens (tertiary/aromatic N) is 4. The standard InChI is InChI=1S/C34H22N4/c1-3-7-25(8-4-1)37-31-13-11-23(19-29(31)27-15-17-35-21-33(27)37)24-12-14-32-30(20-24)28-16-18-36-22-34(28)38(32)26-9-5-2-6-10-26/h1-22H. The van der Waals surface area contributed by atoms with Gasteiger partial charge in [0, 0.05) is 45.3 Å². The molecule has 0 fully saturated rings. The molecule has 38 heavy (non-hydrogen) atoms. The molecular formula is C34H22N4. The molecule has 178 valence electrons. The lowest BCUT2D eigenvalue weighted by atomic mass is 10.0. The molecule has 0 aliphatic rings. The Labute approximate surface area is 219 Å². The van der Waals surface area contributed by atoms with Crippen molar-refractivity contribution in [3.63, 3.8) is 0 Å². The smallest absolute Gasteiger partial charge is 0.0724 e. The molecule has 0 amide bonds. The van der Waals surface area contributed by atoms with E-state index < -0.39 is 0 Å². The van der Waals surface area contributed by atoms with Gasteiger partial charge in [-0.2, -0.15) is 0 Å². The van der Waals surface area contributed by atoms with Crippen molar-refractivity contribution >= 4 is 43.6 Å². The quantitative estimate of drug-likeness (QED) is 0.252. The van der Waals surface area contributed by atoms with Crippen molar-refractivity contribution in [2.24, 2.45) is 0 Å². The summed E-state index contributed by atoms with van der Waals surface area (Å²) in [4.78, 5) is 8.87.